The van der Waals surface area contributed by atoms with E-state index in [1.54, 1.807) is 12.4 Å². The van der Waals surface area contributed by atoms with E-state index < -0.39 is 5.41 Å². The molecule has 0 aromatic carbocycles. The molecule has 2 aliphatic rings. The van der Waals surface area contributed by atoms with E-state index in [0.29, 0.717) is 18.7 Å². The first-order valence-corrected chi connectivity index (χ1v) is 8.18. The fourth-order valence-corrected chi connectivity index (χ4v) is 3.90. The molecule has 1 aliphatic carbocycles. The lowest BCUT2D eigenvalue weighted by molar-refractivity contribution is 0.234. The van der Waals surface area contributed by atoms with E-state index >= 15 is 0 Å². The number of allylic oxidation sites excluding steroid dienone is 2. The van der Waals surface area contributed by atoms with Crippen molar-refractivity contribution in [3.8, 4) is 18.2 Å². The van der Waals surface area contributed by atoms with Crippen molar-refractivity contribution in [1.29, 1.82) is 15.8 Å². The van der Waals surface area contributed by atoms with Gasteiger partial charge in [-0.3, -0.25) is 9.88 Å². The van der Waals surface area contributed by atoms with Crippen molar-refractivity contribution in [3.05, 3.63) is 53.0 Å². The van der Waals surface area contributed by atoms with Gasteiger partial charge in [-0.2, -0.15) is 15.8 Å². The van der Waals surface area contributed by atoms with Crippen molar-refractivity contribution in [2.75, 3.05) is 19.6 Å². The summed E-state index contributed by atoms with van der Waals surface area (Å²) in [5.41, 5.74) is 6.70. The summed E-state index contributed by atoms with van der Waals surface area (Å²) in [4.78, 5) is 6.28. The van der Waals surface area contributed by atoms with Crippen molar-refractivity contribution < 1.29 is 0 Å². The lowest BCUT2D eigenvalue weighted by Crippen LogP contribution is -2.47. The molecule has 0 saturated carbocycles. The lowest BCUT2D eigenvalue weighted by atomic mass is 9.60. The van der Waals surface area contributed by atoms with Crippen LogP contribution in [0, 0.1) is 45.3 Å². The van der Waals surface area contributed by atoms with E-state index in [1.165, 1.54) is 0 Å². The quantitative estimate of drug-likeness (QED) is 0.827. The van der Waals surface area contributed by atoms with Gasteiger partial charge in [-0.05, 0) is 29.8 Å². The van der Waals surface area contributed by atoms with Gasteiger partial charge in [0.2, 0.25) is 5.41 Å². The number of fused-ring (bicyclic) bond motifs is 1. The van der Waals surface area contributed by atoms with E-state index in [4.69, 9.17) is 5.73 Å². The fraction of sp³-hybridized carbons (Fsp3) is 0.368. The molecule has 2 N–H and O–H groups in total. The number of nitrogens with two attached hydrogens (primary N) is 1. The highest BCUT2D eigenvalue weighted by atomic mass is 15.1. The Balaban J connectivity index is 2.29. The first-order chi connectivity index (χ1) is 12.1. The summed E-state index contributed by atoms with van der Waals surface area (Å²) in [7, 11) is 0. The van der Waals surface area contributed by atoms with Crippen LogP contribution in [0.5, 0.6) is 0 Å². The molecule has 2 atom stereocenters. The SMILES string of the molecule is CCN1CC=C2[C@H](C1)[C@H](c1ccncc1)C(C#N)=C(N)C2(C#N)C#N. The van der Waals surface area contributed by atoms with Crippen LogP contribution in [-0.2, 0) is 0 Å². The molecule has 0 spiro atoms. The van der Waals surface area contributed by atoms with Crippen LogP contribution >= 0.6 is 0 Å². The number of rotatable bonds is 2. The van der Waals surface area contributed by atoms with Gasteiger partial charge >= 0.3 is 0 Å². The van der Waals surface area contributed by atoms with Crippen molar-refractivity contribution in [2.45, 2.75) is 12.8 Å². The zero-order valence-electron chi connectivity index (χ0n) is 14.0. The highest BCUT2D eigenvalue weighted by Gasteiger charge is 2.52. The van der Waals surface area contributed by atoms with Crippen molar-refractivity contribution >= 4 is 0 Å². The monoisotopic (exact) mass is 330 g/mol. The third-order valence-electron chi connectivity index (χ3n) is 5.23. The summed E-state index contributed by atoms with van der Waals surface area (Å²) < 4.78 is 0. The maximum absolute atomic E-state index is 9.78. The van der Waals surface area contributed by atoms with E-state index in [1.807, 2.05) is 18.2 Å². The molecule has 6 nitrogen and oxygen atoms in total. The molecular formula is C19H18N6. The van der Waals surface area contributed by atoms with Crippen LogP contribution in [0.15, 0.2) is 47.4 Å². The second kappa shape index (κ2) is 6.40. The average Bonchev–Trinajstić information content (AvgIpc) is 2.68. The number of nitriles is 3. The Morgan fingerprint density at radius 1 is 1.28 bits per heavy atom. The van der Waals surface area contributed by atoms with Gasteiger partial charge in [0.05, 0.1) is 29.5 Å². The second-order valence-electron chi connectivity index (χ2n) is 6.29. The molecule has 1 aromatic heterocycles. The minimum Gasteiger partial charge on any atom is -0.399 e. The Kier molecular flexibility index (Phi) is 4.28. The van der Waals surface area contributed by atoms with E-state index in [9.17, 15) is 15.8 Å². The Morgan fingerprint density at radius 3 is 2.52 bits per heavy atom. The Morgan fingerprint density at radius 2 is 1.96 bits per heavy atom. The first kappa shape index (κ1) is 16.7. The number of likely N-dealkylation sites (N-methyl/N-ethyl adjacent to an activating group) is 1. The normalized spacial score (nSPS) is 25.1. The van der Waals surface area contributed by atoms with Crippen LogP contribution < -0.4 is 5.73 Å². The summed E-state index contributed by atoms with van der Waals surface area (Å²) in [6.07, 6.45) is 5.31. The molecule has 124 valence electrons. The molecule has 1 aliphatic heterocycles. The van der Waals surface area contributed by atoms with Gasteiger partial charge in [0.15, 0.2) is 0 Å². The molecule has 25 heavy (non-hydrogen) atoms. The standard InChI is InChI=1S/C19H18N6/c1-2-25-8-5-16-15(10-25)17(13-3-6-24-7-4-13)14(9-20)18(23)19(16,11-21)12-22/h3-7,15,17H,2,8,10,23H2,1H3/t15-,17+/m0/s1. The van der Waals surface area contributed by atoms with Crippen LogP contribution in [0.25, 0.3) is 0 Å². The average molecular weight is 330 g/mol. The molecule has 1 aromatic rings. The predicted molar refractivity (Wildman–Crippen MR) is 91.2 cm³/mol. The molecule has 6 heteroatoms. The van der Waals surface area contributed by atoms with Crippen LogP contribution in [0.1, 0.15) is 18.4 Å². The van der Waals surface area contributed by atoms with Crippen LogP contribution in [0.4, 0.5) is 0 Å². The van der Waals surface area contributed by atoms with Gasteiger partial charge in [0.1, 0.15) is 0 Å². The summed E-state index contributed by atoms with van der Waals surface area (Å²) >= 11 is 0. The smallest absolute Gasteiger partial charge is 0.204 e. The molecule has 2 heterocycles. The van der Waals surface area contributed by atoms with Gasteiger partial charge in [-0.15, -0.1) is 0 Å². The predicted octanol–water partition coefficient (Wildman–Crippen LogP) is 1.83. The Labute approximate surface area is 147 Å². The van der Waals surface area contributed by atoms with Gasteiger partial charge in [0.25, 0.3) is 0 Å². The maximum Gasteiger partial charge on any atom is 0.204 e. The Hall–Kier alpha value is -3.14. The molecule has 0 amide bonds. The van der Waals surface area contributed by atoms with Crippen molar-refractivity contribution in [1.82, 2.24) is 9.88 Å². The highest BCUT2D eigenvalue weighted by Crippen LogP contribution is 2.52. The van der Waals surface area contributed by atoms with E-state index in [2.05, 4.69) is 35.0 Å². The van der Waals surface area contributed by atoms with Crippen molar-refractivity contribution in [3.63, 3.8) is 0 Å². The zero-order valence-corrected chi connectivity index (χ0v) is 14.0. The van der Waals surface area contributed by atoms with E-state index in [0.717, 1.165) is 17.7 Å². The molecule has 0 unspecified atom stereocenters. The number of hydrogen-bond donors (Lipinski definition) is 1. The van der Waals surface area contributed by atoms with Crippen LogP contribution in [0.2, 0.25) is 0 Å². The van der Waals surface area contributed by atoms with Crippen LogP contribution in [-0.4, -0.2) is 29.5 Å². The largest absolute Gasteiger partial charge is 0.399 e. The van der Waals surface area contributed by atoms with Gasteiger partial charge in [-0.25, -0.2) is 0 Å². The molecule has 0 radical (unpaired) electrons. The maximum atomic E-state index is 9.78. The minimum atomic E-state index is -1.56. The van der Waals surface area contributed by atoms with E-state index in [-0.39, 0.29) is 17.5 Å². The summed E-state index contributed by atoms with van der Waals surface area (Å²) in [6, 6.07) is 10.1. The second-order valence-corrected chi connectivity index (χ2v) is 6.29. The van der Waals surface area contributed by atoms with Gasteiger partial charge in [-0.1, -0.05) is 13.0 Å². The summed E-state index contributed by atoms with van der Waals surface area (Å²) in [5, 5.41) is 29.3. The van der Waals surface area contributed by atoms with Gasteiger partial charge in [0, 0.05) is 37.3 Å². The number of aromatic nitrogens is 1. The molecule has 0 fully saturated rings. The fourth-order valence-electron chi connectivity index (χ4n) is 3.90. The number of pyridine rings is 1. The van der Waals surface area contributed by atoms with Crippen molar-refractivity contribution in [2.24, 2.45) is 17.1 Å². The number of nitrogens with zero attached hydrogens (tertiary/aromatic N) is 5. The minimum absolute atomic E-state index is 0.0641. The third-order valence-corrected chi connectivity index (χ3v) is 5.23. The molecule has 0 bridgehead atoms. The highest BCUT2D eigenvalue weighted by molar-refractivity contribution is 5.58. The van der Waals surface area contributed by atoms with Gasteiger partial charge < -0.3 is 5.73 Å². The molecule has 3 rings (SSSR count). The molecular weight excluding hydrogens is 312 g/mol. The zero-order chi connectivity index (χ0) is 18.0. The Bertz CT molecular complexity index is 848. The lowest BCUT2D eigenvalue weighted by Gasteiger charge is -2.44. The summed E-state index contributed by atoms with van der Waals surface area (Å²) in [6.45, 7) is 4.28. The molecule has 0 saturated heterocycles. The summed E-state index contributed by atoms with van der Waals surface area (Å²) in [5.74, 6) is -0.416. The van der Waals surface area contributed by atoms with Crippen LogP contribution in [0.3, 0.4) is 0 Å². The number of hydrogen-bond acceptors (Lipinski definition) is 6. The first-order valence-electron chi connectivity index (χ1n) is 8.18. The third kappa shape index (κ3) is 2.38. The topological polar surface area (TPSA) is 114 Å².